The Morgan fingerprint density at radius 2 is 1.88 bits per heavy atom. The van der Waals surface area contributed by atoms with Gasteiger partial charge in [-0.1, -0.05) is 12.1 Å². The van der Waals surface area contributed by atoms with Crippen molar-refractivity contribution in [2.75, 3.05) is 13.1 Å². The normalized spacial score (nSPS) is 16.3. The molecule has 2 aliphatic heterocycles. The van der Waals surface area contributed by atoms with E-state index in [1.165, 1.54) is 0 Å². The minimum absolute atomic E-state index is 0.0631. The largest absolute Gasteiger partial charge is 0.347 e. The first-order chi connectivity index (χ1) is 11.6. The van der Waals surface area contributed by atoms with Crippen LogP contribution in [-0.4, -0.2) is 50.6 Å². The van der Waals surface area contributed by atoms with Gasteiger partial charge in [-0.3, -0.25) is 19.3 Å². The lowest BCUT2D eigenvalue weighted by molar-refractivity contribution is -0.132. The summed E-state index contributed by atoms with van der Waals surface area (Å²) in [6.07, 6.45) is 2.49. The van der Waals surface area contributed by atoms with Crippen LogP contribution in [0.1, 0.15) is 38.5 Å². The van der Waals surface area contributed by atoms with E-state index in [4.69, 9.17) is 0 Å². The number of carbonyl (C=O) groups excluding carboxylic acids is 3. The smallest absolute Gasteiger partial charge is 0.261 e. The molecule has 0 atom stereocenters. The van der Waals surface area contributed by atoms with E-state index in [0.717, 1.165) is 22.7 Å². The number of hydrogen-bond donors (Lipinski definition) is 1. The highest BCUT2D eigenvalue weighted by Gasteiger charge is 2.35. The number of fused-ring (bicyclic) bond motifs is 2. The molecule has 7 nitrogen and oxygen atoms in total. The third kappa shape index (κ3) is 2.29. The van der Waals surface area contributed by atoms with Crippen LogP contribution in [0, 0.1) is 0 Å². The molecule has 0 spiro atoms. The van der Waals surface area contributed by atoms with Gasteiger partial charge in [0.2, 0.25) is 5.91 Å². The summed E-state index contributed by atoms with van der Waals surface area (Å²) < 4.78 is 0. The summed E-state index contributed by atoms with van der Waals surface area (Å²) >= 11 is 0. The number of nitrogens with zero attached hydrogens (tertiary/aromatic N) is 3. The number of hydrogen-bond acceptors (Lipinski definition) is 4. The second kappa shape index (κ2) is 5.59. The number of nitrogens with one attached hydrogen (secondary N) is 1. The summed E-state index contributed by atoms with van der Waals surface area (Å²) in [5.74, 6) is -0.706. The zero-order chi connectivity index (χ0) is 16.7. The number of benzene rings is 1. The molecule has 3 heterocycles. The van der Waals surface area contributed by atoms with Gasteiger partial charge < -0.3 is 9.88 Å². The molecule has 1 aromatic heterocycles. The Labute approximate surface area is 138 Å². The molecule has 4 rings (SSSR count). The van der Waals surface area contributed by atoms with Crippen molar-refractivity contribution in [2.45, 2.75) is 19.4 Å². The Balaban J connectivity index is 1.40. The lowest BCUT2D eigenvalue weighted by Gasteiger charge is -2.27. The van der Waals surface area contributed by atoms with E-state index in [9.17, 15) is 14.4 Å². The van der Waals surface area contributed by atoms with Gasteiger partial charge in [0.1, 0.15) is 0 Å². The maximum atomic E-state index is 12.4. The highest BCUT2D eigenvalue weighted by Crippen LogP contribution is 2.23. The summed E-state index contributed by atoms with van der Waals surface area (Å²) in [7, 11) is 0. The van der Waals surface area contributed by atoms with Crippen molar-refractivity contribution < 1.29 is 14.4 Å². The van der Waals surface area contributed by atoms with Gasteiger partial charge in [0.15, 0.2) is 0 Å². The lowest BCUT2D eigenvalue weighted by Crippen LogP contribution is -2.39. The Morgan fingerprint density at radius 1 is 1.17 bits per heavy atom. The topological polar surface area (TPSA) is 86.4 Å². The van der Waals surface area contributed by atoms with Gasteiger partial charge >= 0.3 is 0 Å². The first-order valence-corrected chi connectivity index (χ1v) is 7.89. The fraction of sp³-hybridized carbons (Fsp3) is 0.294. The Bertz CT molecular complexity index is 807. The minimum Gasteiger partial charge on any atom is -0.347 e. The van der Waals surface area contributed by atoms with Crippen LogP contribution >= 0.6 is 0 Å². The molecule has 122 valence electrons. The highest BCUT2D eigenvalue weighted by atomic mass is 16.2. The molecule has 1 aromatic carbocycles. The Kier molecular flexibility index (Phi) is 3.41. The molecule has 0 fully saturated rings. The molecule has 1 N–H and O–H groups in total. The standard InChI is InChI=1S/C17H16N4O3/c22-15(20-7-5-13-14(9-20)19-10-18-13)6-8-21-16(23)11-3-1-2-4-12(11)17(21)24/h1-4,10H,5-9H2,(H,18,19). The van der Waals surface area contributed by atoms with E-state index in [1.54, 1.807) is 35.5 Å². The molecule has 2 aromatic rings. The van der Waals surface area contributed by atoms with Gasteiger partial charge in [-0.15, -0.1) is 0 Å². The number of aromatic nitrogens is 2. The summed E-state index contributed by atoms with van der Waals surface area (Å²) in [6.45, 7) is 1.21. The third-order valence-electron chi connectivity index (χ3n) is 4.56. The number of carbonyl (C=O) groups is 3. The number of aromatic amines is 1. The second-order valence-corrected chi connectivity index (χ2v) is 5.95. The van der Waals surface area contributed by atoms with E-state index < -0.39 is 0 Å². The van der Waals surface area contributed by atoms with Gasteiger partial charge in [0.05, 0.1) is 35.4 Å². The summed E-state index contributed by atoms with van der Waals surface area (Å²) in [5.41, 5.74) is 2.78. The molecule has 0 bridgehead atoms. The first kappa shape index (κ1) is 14.6. The predicted octanol–water partition coefficient (Wildman–Crippen LogP) is 0.981. The van der Waals surface area contributed by atoms with Crippen LogP contribution in [0.15, 0.2) is 30.6 Å². The van der Waals surface area contributed by atoms with Gasteiger partial charge in [-0.05, 0) is 12.1 Å². The molecule has 7 heteroatoms. The van der Waals surface area contributed by atoms with Crippen LogP contribution in [-0.2, 0) is 17.8 Å². The fourth-order valence-corrected chi connectivity index (χ4v) is 3.23. The molecular weight excluding hydrogens is 308 g/mol. The highest BCUT2D eigenvalue weighted by molar-refractivity contribution is 6.21. The Hall–Kier alpha value is -2.96. The average Bonchev–Trinajstić information content (AvgIpc) is 3.17. The van der Waals surface area contributed by atoms with E-state index in [-0.39, 0.29) is 30.7 Å². The molecular formula is C17H16N4O3. The van der Waals surface area contributed by atoms with Crippen molar-refractivity contribution in [3.63, 3.8) is 0 Å². The monoisotopic (exact) mass is 324 g/mol. The summed E-state index contributed by atoms with van der Waals surface area (Å²) in [5, 5.41) is 0. The average molecular weight is 324 g/mol. The van der Waals surface area contributed by atoms with Crippen molar-refractivity contribution in [3.05, 3.63) is 53.1 Å². The number of amides is 3. The molecule has 3 amide bonds. The Morgan fingerprint density at radius 3 is 2.58 bits per heavy atom. The van der Waals surface area contributed by atoms with Crippen molar-refractivity contribution in [1.29, 1.82) is 0 Å². The fourth-order valence-electron chi connectivity index (χ4n) is 3.23. The first-order valence-electron chi connectivity index (χ1n) is 7.89. The van der Waals surface area contributed by atoms with E-state index >= 15 is 0 Å². The molecule has 0 unspecified atom stereocenters. The zero-order valence-electron chi connectivity index (χ0n) is 13.0. The van der Waals surface area contributed by atoms with Crippen molar-refractivity contribution in [2.24, 2.45) is 0 Å². The van der Waals surface area contributed by atoms with Crippen LogP contribution in [0.3, 0.4) is 0 Å². The number of imidazole rings is 1. The van der Waals surface area contributed by atoms with Crippen LogP contribution < -0.4 is 0 Å². The van der Waals surface area contributed by atoms with Gasteiger partial charge in [0, 0.05) is 25.9 Å². The maximum Gasteiger partial charge on any atom is 0.261 e. The second-order valence-electron chi connectivity index (χ2n) is 5.95. The number of H-pyrrole nitrogens is 1. The zero-order valence-corrected chi connectivity index (χ0v) is 13.0. The molecule has 0 saturated heterocycles. The van der Waals surface area contributed by atoms with E-state index in [0.29, 0.717) is 24.2 Å². The number of imide groups is 1. The molecule has 0 saturated carbocycles. The third-order valence-corrected chi connectivity index (χ3v) is 4.56. The summed E-state index contributed by atoms with van der Waals surface area (Å²) in [6, 6.07) is 6.74. The van der Waals surface area contributed by atoms with Crippen LogP contribution in [0.4, 0.5) is 0 Å². The van der Waals surface area contributed by atoms with Gasteiger partial charge in [-0.2, -0.15) is 0 Å². The molecule has 24 heavy (non-hydrogen) atoms. The van der Waals surface area contributed by atoms with Crippen LogP contribution in [0.25, 0.3) is 0 Å². The SMILES string of the molecule is O=C(CCN1C(=O)c2ccccc2C1=O)N1CCc2nc[nH]c2C1. The van der Waals surface area contributed by atoms with Crippen LogP contribution in [0.2, 0.25) is 0 Å². The lowest BCUT2D eigenvalue weighted by atomic mass is 10.1. The van der Waals surface area contributed by atoms with E-state index in [2.05, 4.69) is 9.97 Å². The van der Waals surface area contributed by atoms with Crippen LogP contribution in [0.5, 0.6) is 0 Å². The van der Waals surface area contributed by atoms with Crippen molar-refractivity contribution in [1.82, 2.24) is 19.8 Å². The predicted molar refractivity (Wildman–Crippen MR) is 84.1 cm³/mol. The molecule has 0 aliphatic carbocycles. The van der Waals surface area contributed by atoms with Gasteiger partial charge in [-0.25, -0.2) is 4.98 Å². The van der Waals surface area contributed by atoms with E-state index in [1.807, 2.05) is 0 Å². The molecule has 0 radical (unpaired) electrons. The maximum absolute atomic E-state index is 12.4. The quantitative estimate of drug-likeness (QED) is 0.853. The van der Waals surface area contributed by atoms with Gasteiger partial charge in [0.25, 0.3) is 11.8 Å². The minimum atomic E-state index is -0.321. The molecule has 2 aliphatic rings. The van der Waals surface area contributed by atoms with Crippen molar-refractivity contribution >= 4 is 17.7 Å². The summed E-state index contributed by atoms with van der Waals surface area (Å²) in [4.78, 5) is 47.1. The number of rotatable bonds is 3. The van der Waals surface area contributed by atoms with Crippen molar-refractivity contribution in [3.8, 4) is 0 Å².